The maximum atomic E-state index is 11.5. The Bertz CT molecular complexity index is 889. The van der Waals surface area contributed by atoms with Gasteiger partial charge in [-0.1, -0.05) is 6.07 Å². The van der Waals surface area contributed by atoms with Crippen molar-refractivity contribution in [3.8, 4) is 11.5 Å². The second-order valence-corrected chi connectivity index (χ2v) is 7.56. The lowest BCUT2D eigenvalue weighted by Crippen LogP contribution is -2.00. The van der Waals surface area contributed by atoms with Crippen molar-refractivity contribution in [3.63, 3.8) is 0 Å². The number of benzene rings is 2. The van der Waals surface area contributed by atoms with Crippen molar-refractivity contribution in [2.45, 2.75) is 24.2 Å². The highest BCUT2D eigenvalue weighted by Crippen LogP contribution is 2.35. The van der Waals surface area contributed by atoms with Gasteiger partial charge in [-0.25, -0.2) is 8.42 Å². The Hall–Kier alpha value is -2.41. The lowest BCUT2D eigenvalue weighted by molar-refractivity contribution is -0.385. The average molecular weight is 333 g/mol. The molecule has 0 radical (unpaired) electrons. The van der Waals surface area contributed by atoms with E-state index in [2.05, 4.69) is 0 Å². The van der Waals surface area contributed by atoms with Gasteiger partial charge in [0, 0.05) is 12.3 Å². The Kier molecular flexibility index (Phi) is 3.81. The van der Waals surface area contributed by atoms with Crippen LogP contribution in [0.2, 0.25) is 0 Å². The van der Waals surface area contributed by atoms with Crippen LogP contribution in [-0.2, 0) is 22.7 Å². The molecule has 0 N–H and O–H groups in total. The number of nitro benzene ring substituents is 1. The topological polar surface area (TPSA) is 86.5 Å². The Morgan fingerprint density at radius 1 is 1.09 bits per heavy atom. The molecule has 0 aromatic heterocycles. The summed E-state index contributed by atoms with van der Waals surface area (Å²) in [5.74, 6) is 0.543. The third-order valence-corrected chi connectivity index (χ3v) is 4.96. The first-order valence-corrected chi connectivity index (χ1v) is 9.02. The molecular formula is C16H15NO5S. The van der Waals surface area contributed by atoms with Crippen LogP contribution in [0.5, 0.6) is 11.5 Å². The van der Waals surface area contributed by atoms with Crippen LogP contribution < -0.4 is 4.74 Å². The van der Waals surface area contributed by atoms with Crippen LogP contribution in [-0.4, -0.2) is 19.6 Å². The molecule has 0 spiro atoms. The van der Waals surface area contributed by atoms with Crippen LogP contribution in [0.1, 0.15) is 17.5 Å². The summed E-state index contributed by atoms with van der Waals surface area (Å²) >= 11 is 0. The Labute approximate surface area is 133 Å². The Morgan fingerprint density at radius 2 is 1.83 bits per heavy atom. The molecule has 0 fully saturated rings. The van der Waals surface area contributed by atoms with Gasteiger partial charge >= 0.3 is 5.69 Å². The molecule has 7 heteroatoms. The van der Waals surface area contributed by atoms with Gasteiger partial charge in [0.1, 0.15) is 5.75 Å². The molecule has 0 unspecified atom stereocenters. The van der Waals surface area contributed by atoms with Crippen LogP contribution in [0.3, 0.4) is 0 Å². The van der Waals surface area contributed by atoms with E-state index in [1.165, 1.54) is 23.3 Å². The van der Waals surface area contributed by atoms with E-state index in [4.69, 9.17) is 4.74 Å². The van der Waals surface area contributed by atoms with Crippen molar-refractivity contribution in [3.05, 3.63) is 57.6 Å². The predicted molar refractivity (Wildman–Crippen MR) is 84.7 cm³/mol. The number of sulfone groups is 1. The summed E-state index contributed by atoms with van der Waals surface area (Å²) in [6, 6.07) is 9.29. The minimum absolute atomic E-state index is 0.0281. The summed E-state index contributed by atoms with van der Waals surface area (Å²) in [4.78, 5) is 10.5. The van der Waals surface area contributed by atoms with Crippen molar-refractivity contribution < 1.29 is 18.1 Å². The number of hydrogen-bond donors (Lipinski definition) is 0. The van der Waals surface area contributed by atoms with Gasteiger partial charge < -0.3 is 4.74 Å². The summed E-state index contributed by atoms with van der Waals surface area (Å²) in [6.07, 6.45) is 4.12. The molecule has 6 nitrogen and oxygen atoms in total. The highest BCUT2D eigenvalue weighted by molar-refractivity contribution is 7.90. The van der Waals surface area contributed by atoms with Crippen LogP contribution in [0.15, 0.2) is 41.3 Å². The van der Waals surface area contributed by atoms with Gasteiger partial charge in [-0.2, -0.15) is 0 Å². The molecule has 1 aliphatic carbocycles. The first-order valence-electron chi connectivity index (χ1n) is 7.13. The van der Waals surface area contributed by atoms with Gasteiger partial charge in [0.2, 0.25) is 5.75 Å². The van der Waals surface area contributed by atoms with E-state index in [1.54, 1.807) is 6.07 Å². The first kappa shape index (κ1) is 15.5. The molecule has 2 aromatic carbocycles. The molecule has 0 aliphatic heterocycles. The predicted octanol–water partition coefficient (Wildman–Crippen LogP) is 3.28. The highest BCUT2D eigenvalue weighted by atomic mass is 32.2. The van der Waals surface area contributed by atoms with E-state index in [0.717, 1.165) is 31.6 Å². The highest BCUT2D eigenvalue weighted by Gasteiger charge is 2.21. The summed E-state index contributed by atoms with van der Waals surface area (Å²) in [5, 5.41) is 11.2. The van der Waals surface area contributed by atoms with Crippen molar-refractivity contribution in [1.82, 2.24) is 0 Å². The number of hydrogen-bond acceptors (Lipinski definition) is 5. The lowest BCUT2D eigenvalue weighted by atomic mass is 10.1. The van der Waals surface area contributed by atoms with Crippen LogP contribution >= 0.6 is 0 Å². The number of nitrogens with zero attached hydrogens (tertiary/aromatic N) is 1. The van der Waals surface area contributed by atoms with Gasteiger partial charge in [-0.15, -0.1) is 0 Å². The van der Waals surface area contributed by atoms with Crippen molar-refractivity contribution in [2.75, 3.05) is 6.26 Å². The van der Waals surface area contributed by atoms with Crippen molar-refractivity contribution in [2.24, 2.45) is 0 Å². The lowest BCUT2D eigenvalue weighted by Gasteiger charge is -2.09. The molecule has 0 bridgehead atoms. The molecule has 23 heavy (non-hydrogen) atoms. The summed E-state index contributed by atoms with van der Waals surface area (Å²) < 4.78 is 28.7. The van der Waals surface area contributed by atoms with Crippen LogP contribution in [0.25, 0.3) is 0 Å². The average Bonchev–Trinajstić information content (AvgIpc) is 2.93. The van der Waals surface area contributed by atoms with E-state index < -0.39 is 14.8 Å². The largest absolute Gasteiger partial charge is 0.450 e. The molecule has 2 aromatic rings. The van der Waals surface area contributed by atoms with Crippen LogP contribution in [0, 0.1) is 10.1 Å². The fourth-order valence-electron chi connectivity index (χ4n) is 2.70. The van der Waals surface area contributed by atoms with Crippen molar-refractivity contribution in [1.29, 1.82) is 0 Å². The Morgan fingerprint density at radius 3 is 2.52 bits per heavy atom. The quantitative estimate of drug-likeness (QED) is 0.633. The minimum atomic E-state index is -3.52. The molecule has 0 saturated heterocycles. The number of nitro groups is 1. The van der Waals surface area contributed by atoms with Gasteiger partial charge in [0.05, 0.1) is 9.82 Å². The maximum absolute atomic E-state index is 11.5. The molecule has 3 rings (SSSR count). The molecule has 0 heterocycles. The summed E-state index contributed by atoms with van der Waals surface area (Å²) in [6.45, 7) is 0. The Balaban J connectivity index is 1.98. The normalized spacial score (nSPS) is 13.6. The molecule has 1 aliphatic rings. The van der Waals surface area contributed by atoms with E-state index in [9.17, 15) is 18.5 Å². The van der Waals surface area contributed by atoms with Crippen molar-refractivity contribution >= 4 is 15.5 Å². The molecular weight excluding hydrogens is 318 g/mol. The SMILES string of the molecule is CS(=O)(=O)c1ccc(Oc2ccc3c(c2)CCC3)c([N+](=O)[O-])c1. The molecule has 120 valence electrons. The third-order valence-electron chi connectivity index (χ3n) is 3.85. The maximum Gasteiger partial charge on any atom is 0.312 e. The smallest absolute Gasteiger partial charge is 0.312 e. The summed E-state index contributed by atoms with van der Waals surface area (Å²) in [5.41, 5.74) is 2.10. The zero-order chi connectivity index (χ0) is 16.6. The van der Waals surface area contributed by atoms with Gasteiger partial charge in [0.25, 0.3) is 0 Å². The monoisotopic (exact) mass is 333 g/mol. The second kappa shape index (κ2) is 5.66. The number of aryl methyl sites for hydroxylation is 2. The number of ether oxygens (including phenoxy) is 1. The standard InChI is InChI=1S/C16H15NO5S/c1-23(20,21)14-7-8-16(15(10-14)17(18)19)22-13-6-5-11-3-2-4-12(11)9-13/h5-10H,2-4H2,1H3. The first-order chi connectivity index (χ1) is 10.8. The van der Waals surface area contributed by atoms with E-state index >= 15 is 0 Å². The molecule has 0 saturated carbocycles. The van der Waals surface area contributed by atoms with E-state index in [0.29, 0.717) is 5.75 Å². The zero-order valence-electron chi connectivity index (χ0n) is 12.5. The number of fused-ring (bicyclic) bond motifs is 1. The van der Waals surface area contributed by atoms with E-state index in [-0.39, 0.29) is 16.3 Å². The zero-order valence-corrected chi connectivity index (χ0v) is 13.3. The van der Waals surface area contributed by atoms with Gasteiger partial charge in [0.15, 0.2) is 9.84 Å². The number of rotatable bonds is 4. The van der Waals surface area contributed by atoms with E-state index in [1.807, 2.05) is 12.1 Å². The van der Waals surface area contributed by atoms with Gasteiger partial charge in [-0.05, 0) is 54.7 Å². The van der Waals surface area contributed by atoms with Crippen LogP contribution in [0.4, 0.5) is 5.69 Å². The summed E-state index contributed by atoms with van der Waals surface area (Å²) in [7, 11) is -3.52. The van der Waals surface area contributed by atoms with Gasteiger partial charge in [-0.3, -0.25) is 10.1 Å². The molecule has 0 atom stereocenters. The third kappa shape index (κ3) is 3.19. The molecule has 0 amide bonds. The fourth-order valence-corrected chi connectivity index (χ4v) is 3.34. The second-order valence-electron chi connectivity index (χ2n) is 5.54. The fraction of sp³-hybridized carbons (Fsp3) is 0.250. The minimum Gasteiger partial charge on any atom is -0.450 e.